The molecule has 0 aromatic rings. The lowest BCUT2D eigenvalue weighted by molar-refractivity contribution is -0.201. The molecule has 82 valence electrons. The van der Waals surface area contributed by atoms with Crippen LogP contribution >= 0.6 is 0 Å². The van der Waals surface area contributed by atoms with E-state index in [0.717, 1.165) is 11.3 Å². The predicted molar refractivity (Wildman–Crippen MR) is 46.5 cm³/mol. The molecule has 1 aliphatic rings. The standard InChI is InChI=1S/C6H12N2O5S/c1-14(12,13)5-2-3-7(4-5)8(11)6(9)10/h5,11H,2-4H2,1H3,(H,9,10). The summed E-state index contributed by atoms with van der Waals surface area (Å²) >= 11 is 0. The lowest BCUT2D eigenvalue weighted by atomic mass is 10.4. The number of sulfone groups is 1. The molecule has 0 spiro atoms. The molecule has 1 unspecified atom stereocenters. The zero-order valence-electron chi connectivity index (χ0n) is 7.62. The second-order valence-electron chi connectivity index (χ2n) is 3.22. The van der Waals surface area contributed by atoms with E-state index in [0.29, 0.717) is 6.42 Å². The molecule has 7 nitrogen and oxygen atoms in total. The van der Waals surface area contributed by atoms with E-state index in [-0.39, 0.29) is 18.3 Å². The fourth-order valence-corrected chi connectivity index (χ4v) is 2.33. The van der Waals surface area contributed by atoms with E-state index in [1.807, 2.05) is 0 Å². The molecule has 0 aromatic heterocycles. The molecule has 1 rings (SSSR count). The third-order valence-corrected chi connectivity index (χ3v) is 3.76. The van der Waals surface area contributed by atoms with Crippen molar-refractivity contribution in [2.24, 2.45) is 0 Å². The van der Waals surface area contributed by atoms with Crippen LogP contribution in [0.1, 0.15) is 6.42 Å². The Balaban J connectivity index is 2.62. The Morgan fingerprint density at radius 3 is 2.50 bits per heavy atom. The van der Waals surface area contributed by atoms with Gasteiger partial charge in [0.25, 0.3) is 0 Å². The van der Waals surface area contributed by atoms with E-state index < -0.39 is 21.2 Å². The first kappa shape index (κ1) is 11.2. The fraction of sp³-hybridized carbons (Fsp3) is 0.833. The van der Waals surface area contributed by atoms with Crippen molar-refractivity contribution in [2.45, 2.75) is 11.7 Å². The fourth-order valence-electron chi connectivity index (χ4n) is 1.35. The van der Waals surface area contributed by atoms with Crippen LogP contribution in [0.2, 0.25) is 0 Å². The number of hydrogen-bond acceptors (Lipinski definition) is 5. The molecular formula is C6H12N2O5S. The van der Waals surface area contributed by atoms with Crippen molar-refractivity contribution >= 4 is 15.9 Å². The third-order valence-electron chi connectivity index (χ3n) is 2.17. The van der Waals surface area contributed by atoms with E-state index in [4.69, 9.17) is 10.3 Å². The van der Waals surface area contributed by atoms with Crippen molar-refractivity contribution in [1.29, 1.82) is 0 Å². The largest absolute Gasteiger partial charge is 0.462 e. The zero-order chi connectivity index (χ0) is 10.9. The van der Waals surface area contributed by atoms with Crippen LogP contribution in [0.15, 0.2) is 0 Å². The maximum atomic E-state index is 11.1. The number of hydroxylamine groups is 1. The first-order chi connectivity index (χ1) is 6.32. The average molecular weight is 224 g/mol. The Kier molecular flexibility index (Phi) is 2.98. The van der Waals surface area contributed by atoms with Crippen molar-refractivity contribution in [1.82, 2.24) is 10.2 Å². The van der Waals surface area contributed by atoms with E-state index in [1.54, 1.807) is 0 Å². The van der Waals surface area contributed by atoms with Gasteiger partial charge in [0.1, 0.15) is 0 Å². The van der Waals surface area contributed by atoms with Gasteiger partial charge in [-0.1, -0.05) is 0 Å². The quantitative estimate of drug-likeness (QED) is 0.479. The molecule has 2 N–H and O–H groups in total. The lowest BCUT2D eigenvalue weighted by Crippen LogP contribution is -2.43. The summed E-state index contributed by atoms with van der Waals surface area (Å²) in [4.78, 5) is 10.3. The van der Waals surface area contributed by atoms with Crippen molar-refractivity contribution < 1.29 is 23.5 Å². The lowest BCUT2D eigenvalue weighted by Gasteiger charge is -2.21. The van der Waals surface area contributed by atoms with Crippen molar-refractivity contribution in [3.05, 3.63) is 0 Å². The van der Waals surface area contributed by atoms with E-state index >= 15 is 0 Å². The van der Waals surface area contributed by atoms with Gasteiger partial charge in [0.2, 0.25) is 0 Å². The van der Waals surface area contributed by atoms with Crippen LogP contribution in [0.5, 0.6) is 0 Å². The minimum atomic E-state index is -3.17. The third kappa shape index (κ3) is 2.34. The van der Waals surface area contributed by atoms with Gasteiger partial charge in [0, 0.05) is 19.3 Å². The van der Waals surface area contributed by atoms with E-state index in [9.17, 15) is 13.2 Å². The molecule has 0 bridgehead atoms. The molecule has 1 aliphatic heterocycles. The molecular weight excluding hydrogens is 212 g/mol. The summed E-state index contributed by atoms with van der Waals surface area (Å²) in [5.74, 6) is 0. The highest BCUT2D eigenvalue weighted by Crippen LogP contribution is 2.17. The van der Waals surface area contributed by atoms with Crippen LogP contribution in [-0.4, -0.2) is 59.6 Å². The highest BCUT2D eigenvalue weighted by atomic mass is 32.2. The van der Waals surface area contributed by atoms with Crippen LogP contribution in [0.25, 0.3) is 0 Å². The summed E-state index contributed by atoms with van der Waals surface area (Å²) in [6.07, 6.45) is -0.0774. The number of rotatable bonds is 2. The number of hydrazine groups is 1. The second-order valence-corrected chi connectivity index (χ2v) is 5.55. The van der Waals surface area contributed by atoms with Gasteiger partial charge in [-0.25, -0.2) is 13.2 Å². The minimum absolute atomic E-state index is 0.0155. The summed E-state index contributed by atoms with van der Waals surface area (Å²) in [6.45, 7) is 0.238. The Morgan fingerprint density at radius 1 is 1.57 bits per heavy atom. The van der Waals surface area contributed by atoms with Crippen molar-refractivity contribution in [3.63, 3.8) is 0 Å². The van der Waals surface area contributed by atoms with Gasteiger partial charge in [-0.3, -0.25) is 5.21 Å². The maximum absolute atomic E-state index is 11.1. The SMILES string of the molecule is CS(=O)(=O)C1CCN(N(O)C(=O)O)C1. The Labute approximate surface area is 81.4 Å². The highest BCUT2D eigenvalue weighted by Gasteiger charge is 2.34. The Hall–Kier alpha value is -0.860. The van der Waals surface area contributed by atoms with Crippen LogP contribution in [0, 0.1) is 0 Å². The van der Waals surface area contributed by atoms with Gasteiger partial charge in [-0.2, -0.15) is 5.01 Å². The summed E-state index contributed by atoms with van der Waals surface area (Å²) < 4.78 is 22.2. The van der Waals surface area contributed by atoms with E-state index in [1.165, 1.54) is 0 Å². The number of amides is 1. The molecule has 14 heavy (non-hydrogen) atoms. The number of carbonyl (C=O) groups is 1. The van der Waals surface area contributed by atoms with Gasteiger partial charge in [-0.15, -0.1) is 5.17 Å². The summed E-state index contributed by atoms with van der Waals surface area (Å²) in [6, 6.07) is 0. The molecule has 1 atom stereocenters. The molecule has 1 amide bonds. The molecule has 0 aliphatic carbocycles. The number of carboxylic acid groups (broad SMARTS) is 1. The first-order valence-electron chi connectivity index (χ1n) is 3.98. The molecule has 1 saturated heterocycles. The van der Waals surface area contributed by atoms with Gasteiger partial charge < -0.3 is 5.11 Å². The molecule has 8 heteroatoms. The Bertz CT molecular complexity index is 327. The number of hydrogen-bond donors (Lipinski definition) is 2. The van der Waals surface area contributed by atoms with Crippen LogP contribution in [-0.2, 0) is 9.84 Å². The maximum Gasteiger partial charge on any atom is 0.447 e. The summed E-state index contributed by atoms with van der Waals surface area (Å²) in [5, 5.41) is 17.9. The molecule has 1 fully saturated rings. The van der Waals surface area contributed by atoms with Crippen LogP contribution < -0.4 is 0 Å². The normalized spacial score (nSPS) is 23.7. The van der Waals surface area contributed by atoms with Gasteiger partial charge in [0.05, 0.1) is 5.25 Å². The summed E-state index contributed by atoms with van der Waals surface area (Å²) in [5.41, 5.74) is 0. The monoisotopic (exact) mass is 224 g/mol. The van der Waals surface area contributed by atoms with Crippen LogP contribution in [0.3, 0.4) is 0 Å². The second kappa shape index (κ2) is 3.71. The molecule has 1 heterocycles. The summed E-state index contributed by atoms with van der Waals surface area (Å²) in [7, 11) is -3.17. The van der Waals surface area contributed by atoms with Gasteiger partial charge >= 0.3 is 6.09 Å². The Morgan fingerprint density at radius 2 is 2.14 bits per heavy atom. The zero-order valence-corrected chi connectivity index (χ0v) is 8.44. The van der Waals surface area contributed by atoms with Crippen molar-refractivity contribution in [2.75, 3.05) is 19.3 Å². The topological polar surface area (TPSA) is 98.2 Å². The van der Waals surface area contributed by atoms with Crippen molar-refractivity contribution in [3.8, 4) is 0 Å². The first-order valence-corrected chi connectivity index (χ1v) is 5.93. The average Bonchev–Trinajstić information content (AvgIpc) is 2.49. The predicted octanol–water partition coefficient (Wildman–Crippen LogP) is -0.610. The molecule has 0 aromatic carbocycles. The smallest absolute Gasteiger partial charge is 0.447 e. The highest BCUT2D eigenvalue weighted by molar-refractivity contribution is 7.91. The number of nitrogens with zero attached hydrogens (tertiary/aromatic N) is 2. The van der Waals surface area contributed by atoms with Crippen LogP contribution in [0.4, 0.5) is 4.79 Å². The molecule has 0 saturated carbocycles. The molecule has 0 radical (unpaired) electrons. The van der Waals surface area contributed by atoms with E-state index in [2.05, 4.69) is 0 Å². The van der Waals surface area contributed by atoms with Gasteiger partial charge in [0.15, 0.2) is 9.84 Å². The minimum Gasteiger partial charge on any atom is -0.462 e. The van der Waals surface area contributed by atoms with Gasteiger partial charge in [-0.05, 0) is 6.42 Å².